The van der Waals surface area contributed by atoms with E-state index in [9.17, 15) is 14.4 Å². The van der Waals surface area contributed by atoms with Gasteiger partial charge in [-0.15, -0.1) is 0 Å². The number of anilines is 1. The highest BCUT2D eigenvalue weighted by Gasteiger charge is 2.64. The van der Waals surface area contributed by atoms with Gasteiger partial charge in [0, 0.05) is 16.1 Å². The lowest BCUT2D eigenvalue weighted by Gasteiger charge is -2.27. The van der Waals surface area contributed by atoms with Crippen molar-refractivity contribution in [2.75, 3.05) is 18.6 Å². The van der Waals surface area contributed by atoms with Crippen molar-refractivity contribution in [1.82, 2.24) is 4.90 Å². The van der Waals surface area contributed by atoms with Gasteiger partial charge in [0.05, 0.1) is 30.7 Å². The molecule has 0 unspecified atom stereocenters. The van der Waals surface area contributed by atoms with Gasteiger partial charge in [-0.2, -0.15) is 0 Å². The lowest BCUT2D eigenvalue weighted by molar-refractivity contribution is -0.123. The molecule has 3 aliphatic heterocycles. The van der Waals surface area contributed by atoms with Gasteiger partial charge in [-0.1, -0.05) is 22.0 Å². The second kappa shape index (κ2) is 7.32. The Morgan fingerprint density at radius 1 is 1.07 bits per heavy atom. The summed E-state index contributed by atoms with van der Waals surface area (Å²) in [5.41, 5.74) is 1.09. The molecule has 0 N–H and O–H groups in total. The Balaban J connectivity index is 1.53. The predicted octanol–water partition coefficient (Wildman–Crippen LogP) is 3.29. The van der Waals surface area contributed by atoms with Crippen LogP contribution in [0.2, 0.25) is 0 Å². The third-order valence-corrected chi connectivity index (χ3v) is 7.05. The van der Waals surface area contributed by atoms with E-state index >= 15 is 0 Å². The number of methoxy groups -OCH3 is 1. The summed E-state index contributed by atoms with van der Waals surface area (Å²) in [4.78, 5) is 43.7. The number of halogens is 1. The standard InChI is InChI=1S/C23H21BrN2O4/c1-30-16-9-7-13(8-10-16)21(27)20-19-18(17-6-3-11-25(17)20)22(28)26(23(19)29)15-5-2-4-14(24)12-15/h2,4-5,7-10,12,17-20H,3,6,11H2,1H3/t17-,18+,19+,20+/m0/s1. The highest BCUT2D eigenvalue weighted by atomic mass is 79.9. The summed E-state index contributed by atoms with van der Waals surface area (Å²) in [6.45, 7) is 0.738. The Morgan fingerprint density at radius 2 is 1.80 bits per heavy atom. The molecular weight excluding hydrogens is 448 g/mol. The molecule has 0 saturated carbocycles. The average molecular weight is 469 g/mol. The van der Waals surface area contributed by atoms with Gasteiger partial charge < -0.3 is 4.74 Å². The van der Waals surface area contributed by atoms with E-state index in [0.29, 0.717) is 17.0 Å². The molecule has 3 heterocycles. The van der Waals surface area contributed by atoms with Crippen molar-refractivity contribution in [3.05, 3.63) is 58.6 Å². The van der Waals surface area contributed by atoms with E-state index in [4.69, 9.17) is 4.74 Å². The molecule has 4 atom stereocenters. The Bertz CT molecular complexity index is 1040. The van der Waals surface area contributed by atoms with Gasteiger partial charge in [-0.05, 0) is 61.9 Å². The van der Waals surface area contributed by atoms with Crippen LogP contribution in [0.5, 0.6) is 5.75 Å². The van der Waals surface area contributed by atoms with Crippen LogP contribution in [-0.4, -0.2) is 48.2 Å². The van der Waals surface area contributed by atoms with E-state index in [1.807, 2.05) is 6.07 Å². The van der Waals surface area contributed by atoms with Gasteiger partial charge >= 0.3 is 0 Å². The number of fused-ring (bicyclic) bond motifs is 3. The minimum Gasteiger partial charge on any atom is -0.497 e. The quantitative estimate of drug-likeness (QED) is 0.508. The van der Waals surface area contributed by atoms with Crippen LogP contribution >= 0.6 is 15.9 Å². The molecular formula is C23H21BrN2O4. The minimum atomic E-state index is -0.642. The number of benzene rings is 2. The number of carbonyl (C=O) groups excluding carboxylic acids is 3. The Kier molecular flexibility index (Phi) is 4.75. The molecule has 5 rings (SSSR count). The minimum absolute atomic E-state index is 0.0594. The molecule has 2 aromatic rings. The second-order valence-corrected chi connectivity index (χ2v) is 8.94. The van der Waals surface area contributed by atoms with Gasteiger partial charge in [0.2, 0.25) is 11.8 Å². The number of rotatable bonds is 4. The molecule has 3 fully saturated rings. The molecule has 2 amide bonds. The van der Waals surface area contributed by atoms with Crippen LogP contribution in [0.25, 0.3) is 0 Å². The molecule has 0 aliphatic carbocycles. The summed E-state index contributed by atoms with van der Waals surface area (Å²) < 4.78 is 5.98. The summed E-state index contributed by atoms with van der Waals surface area (Å²) in [5, 5.41) is 0. The van der Waals surface area contributed by atoms with Crippen molar-refractivity contribution in [2.24, 2.45) is 11.8 Å². The van der Waals surface area contributed by atoms with Crippen LogP contribution in [0.3, 0.4) is 0 Å². The van der Waals surface area contributed by atoms with E-state index in [1.165, 1.54) is 4.90 Å². The molecule has 7 heteroatoms. The highest BCUT2D eigenvalue weighted by Crippen LogP contribution is 2.48. The maximum Gasteiger partial charge on any atom is 0.239 e. The molecule has 154 valence electrons. The monoisotopic (exact) mass is 468 g/mol. The number of ether oxygens (including phenoxy) is 1. The number of amides is 2. The molecule has 0 spiro atoms. The van der Waals surface area contributed by atoms with Crippen molar-refractivity contribution in [3.63, 3.8) is 0 Å². The largest absolute Gasteiger partial charge is 0.497 e. The normalized spacial score (nSPS) is 28.0. The van der Waals surface area contributed by atoms with E-state index in [0.717, 1.165) is 23.9 Å². The fourth-order valence-electron chi connectivity index (χ4n) is 5.31. The maximum absolute atomic E-state index is 13.5. The SMILES string of the molecule is COc1ccc(C(=O)[C@H]2[C@@H]3C(=O)N(c4cccc(Br)c4)C(=O)[C@@H]3[C@@H]3CCCN32)cc1. The highest BCUT2D eigenvalue weighted by molar-refractivity contribution is 9.10. The van der Waals surface area contributed by atoms with Gasteiger partial charge in [-0.25, -0.2) is 4.90 Å². The summed E-state index contributed by atoms with van der Waals surface area (Å²) in [6, 6.07) is 13.5. The fraction of sp³-hybridized carbons (Fsp3) is 0.348. The third kappa shape index (κ3) is 2.83. The molecule has 30 heavy (non-hydrogen) atoms. The number of hydrogen-bond donors (Lipinski definition) is 0. The number of ketones is 1. The first-order valence-electron chi connectivity index (χ1n) is 10.1. The molecule has 0 aromatic heterocycles. The van der Waals surface area contributed by atoms with Crippen molar-refractivity contribution < 1.29 is 19.1 Å². The summed E-state index contributed by atoms with van der Waals surface area (Å²) in [7, 11) is 1.58. The number of Topliss-reactive ketones (excluding diaryl/α,β-unsaturated/α-hetero) is 1. The molecule has 3 aliphatic rings. The van der Waals surface area contributed by atoms with Crippen molar-refractivity contribution in [1.29, 1.82) is 0 Å². The first kappa shape index (κ1) is 19.5. The lowest BCUT2D eigenvalue weighted by Crippen LogP contribution is -2.46. The number of nitrogens with zero attached hydrogens (tertiary/aromatic N) is 2. The molecule has 2 aromatic carbocycles. The Labute approximate surface area is 182 Å². The van der Waals surface area contributed by atoms with Crippen molar-refractivity contribution in [2.45, 2.75) is 24.9 Å². The number of hydrogen-bond acceptors (Lipinski definition) is 5. The summed E-state index contributed by atoms with van der Waals surface area (Å²) in [5.74, 6) is -1.01. The maximum atomic E-state index is 13.5. The fourth-order valence-corrected chi connectivity index (χ4v) is 5.70. The number of imide groups is 1. The smallest absolute Gasteiger partial charge is 0.239 e. The average Bonchev–Trinajstić information content (AvgIpc) is 3.39. The first-order valence-corrected chi connectivity index (χ1v) is 10.9. The van der Waals surface area contributed by atoms with Crippen LogP contribution in [0, 0.1) is 11.8 Å². The third-order valence-electron chi connectivity index (χ3n) is 6.56. The zero-order chi connectivity index (χ0) is 21.0. The predicted molar refractivity (Wildman–Crippen MR) is 114 cm³/mol. The van der Waals surface area contributed by atoms with Crippen LogP contribution in [0.1, 0.15) is 23.2 Å². The first-order chi connectivity index (χ1) is 14.5. The van der Waals surface area contributed by atoms with Gasteiger partial charge in [0.25, 0.3) is 0 Å². The second-order valence-electron chi connectivity index (χ2n) is 8.03. The summed E-state index contributed by atoms with van der Waals surface area (Å²) >= 11 is 3.41. The van der Waals surface area contributed by atoms with Crippen LogP contribution in [0.15, 0.2) is 53.0 Å². The van der Waals surface area contributed by atoms with Gasteiger partial charge in [-0.3, -0.25) is 19.3 Å². The van der Waals surface area contributed by atoms with E-state index < -0.39 is 17.9 Å². The van der Waals surface area contributed by atoms with Crippen LogP contribution < -0.4 is 9.64 Å². The summed E-state index contributed by atoms with van der Waals surface area (Å²) in [6.07, 6.45) is 1.76. The topological polar surface area (TPSA) is 66.9 Å². The van der Waals surface area contributed by atoms with Gasteiger partial charge in [0.1, 0.15) is 5.75 Å². The molecule has 3 saturated heterocycles. The Morgan fingerprint density at radius 3 is 2.50 bits per heavy atom. The number of carbonyl (C=O) groups is 3. The zero-order valence-corrected chi connectivity index (χ0v) is 18.0. The van der Waals surface area contributed by atoms with Gasteiger partial charge in [0.15, 0.2) is 5.78 Å². The molecule has 6 nitrogen and oxygen atoms in total. The van der Waals surface area contributed by atoms with E-state index in [-0.39, 0.29) is 23.6 Å². The molecule has 0 bridgehead atoms. The molecule has 0 radical (unpaired) electrons. The zero-order valence-electron chi connectivity index (χ0n) is 16.5. The van der Waals surface area contributed by atoms with Crippen molar-refractivity contribution in [3.8, 4) is 5.75 Å². The lowest BCUT2D eigenvalue weighted by atomic mass is 9.85. The van der Waals surface area contributed by atoms with Crippen LogP contribution in [-0.2, 0) is 9.59 Å². The van der Waals surface area contributed by atoms with Crippen molar-refractivity contribution >= 4 is 39.2 Å². The van der Waals surface area contributed by atoms with E-state index in [1.54, 1.807) is 49.6 Å². The van der Waals surface area contributed by atoms with Crippen LogP contribution in [0.4, 0.5) is 5.69 Å². The Hall–Kier alpha value is -2.51. The van der Waals surface area contributed by atoms with E-state index in [2.05, 4.69) is 20.8 Å².